The number of hydrogen-bond acceptors (Lipinski definition) is 4. The lowest BCUT2D eigenvalue weighted by Crippen LogP contribution is -2.20. The first-order chi connectivity index (χ1) is 5.25. The summed E-state index contributed by atoms with van der Waals surface area (Å²) in [5.74, 6) is 0.701. The zero-order valence-corrected chi connectivity index (χ0v) is 6.52. The van der Waals surface area contributed by atoms with E-state index in [2.05, 4.69) is 10.2 Å². The normalized spacial score (nSPS) is 9.18. The van der Waals surface area contributed by atoms with Crippen LogP contribution in [-0.2, 0) is 7.05 Å². The molecule has 0 aliphatic carbocycles. The molecule has 1 aromatic rings. The maximum atomic E-state index is 8.38. The fourth-order valence-corrected chi connectivity index (χ4v) is 0.799. The summed E-state index contributed by atoms with van der Waals surface area (Å²) in [7, 11) is 3.64. The van der Waals surface area contributed by atoms with Crippen LogP contribution in [0.2, 0.25) is 0 Å². The smallest absolute Gasteiger partial charge is 0.227 e. The Morgan fingerprint density at radius 3 is 3.00 bits per heavy atom. The summed E-state index contributed by atoms with van der Waals surface area (Å²) in [6.45, 7) is 0.326. The topological polar surface area (TPSA) is 57.7 Å². The van der Waals surface area contributed by atoms with Crippen molar-refractivity contribution < 1.29 is 0 Å². The number of nitrogens with zero attached hydrogens (tertiary/aromatic N) is 5. The molecule has 0 fully saturated rings. The monoisotopic (exact) mass is 151 g/mol. The van der Waals surface area contributed by atoms with Crippen LogP contribution in [0, 0.1) is 11.3 Å². The Morgan fingerprint density at radius 2 is 2.55 bits per heavy atom. The van der Waals surface area contributed by atoms with Crippen LogP contribution >= 0.6 is 0 Å². The summed E-state index contributed by atoms with van der Waals surface area (Å²) in [5.41, 5.74) is 0. The van der Waals surface area contributed by atoms with Crippen molar-refractivity contribution in [3.63, 3.8) is 0 Å². The summed E-state index contributed by atoms with van der Waals surface area (Å²) in [6.07, 6.45) is 1.60. The van der Waals surface area contributed by atoms with Crippen LogP contribution < -0.4 is 4.90 Å². The van der Waals surface area contributed by atoms with Gasteiger partial charge in [0, 0.05) is 14.1 Å². The van der Waals surface area contributed by atoms with E-state index in [0.29, 0.717) is 12.5 Å². The van der Waals surface area contributed by atoms with Gasteiger partial charge in [-0.25, -0.2) is 0 Å². The Labute approximate surface area is 64.9 Å². The Bertz CT molecular complexity index is 271. The minimum Gasteiger partial charge on any atom is -0.331 e. The molecule has 11 heavy (non-hydrogen) atoms. The molecule has 0 bridgehead atoms. The molecule has 58 valence electrons. The van der Waals surface area contributed by atoms with Gasteiger partial charge in [-0.2, -0.15) is 5.26 Å². The molecule has 5 heteroatoms. The van der Waals surface area contributed by atoms with E-state index >= 15 is 0 Å². The van der Waals surface area contributed by atoms with Crippen LogP contribution in [0.15, 0.2) is 6.33 Å². The van der Waals surface area contributed by atoms with E-state index in [1.807, 2.05) is 13.1 Å². The van der Waals surface area contributed by atoms with Crippen LogP contribution in [0.4, 0.5) is 5.95 Å². The van der Waals surface area contributed by atoms with E-state index < -0.39 is 0 Å². The molecule has 0 unspecified atom stereocenters. The van der Waals surface area contributed by atoms with Gasteiger partial charge in [-0.1, -0.05) is 0 Å². The van der Waals surface area contributed by atoms with Gasteiger partial charge in [0.15, 0.2) is 0 Å². The fraction of sp³-hybridized carbons (Fsp3) is 0.500. The van der Waals surface area contributed by atoms with Crippen molar-refractivity contribution in [2.75, 3.05) is 18.5 Å². The Kier molecular flexibility index (Phi) is 2.06. The van der Waals surface area contributed by atoms with Crippen LogP contribution in [-0.4, -0.2) is 28.4 Å². The number of aryl methyl sites for hydroxylation is 1. The van der Waals surface area contributed by atoms with Gasteiger partial charge in [0.2, 0.25) is 5.95 Å². The van der Waals surface area contributed by atoms with E-state index in [-0.39, 0.29) is 0 Å². The lowest BCUT2D eigenvalue weighted by Gasteiger charge is -2.11. The number of nitriles is 1. The molecule has 0 aliphatic rings. The van der Waals surface area contributed by atoms with Crippen LogP contribution in [0.25, 0.3) is 0 Å². The van der Waals surface area contributed by atoms with Gasteiger partial charge in [0.1, 0.15) is 12.9 Å². The molecule has 0 amide bonds. The summed E-state index contributed by atoms with van der Waals surface area (Å²) < 4.78 is 1.76. The average Bonchev–Trinajstić information content (AvgIpc) is 2.36. The van der Waals surface area contributed by atoms with E-state index in [0.717, 1.165) is 0 Å². The van der Waals surface area contributed by atoms with Gasteiger partial charge in [-0.3, -0.25) is 0 Å². The fourth-order valence-electron chi connectivity index (χ4n) is 0.799. The Morgan fingerprint density at radius 1 is 1.82 bits per heavy atom. The number of hydrogen-bond donors (Lipinski definition) is 0. The molecule has 1 heterocycles. The maximum Gasteiger partial charge on any atom is 0.227 e. The first kappa shape index (κ1) is 7.54. The molecule has 0 spiro atoms. The van der Waals surface area contributed by atoms with Gasteiger partial charge >= 0.3 is 0 Å². The number of rotatable bonds is 2. The van der Waals surface area contributed by atoms with E-state index in [9.17, 15) is 0 Å². The standard InChI is InChI=1S/C6H9N5/c1-10(4-3-7)6-9-8-5-11(6)2/h5H,4H2,1-2H3. The molecule has 0 N–H and O–H groups in total. The van der Waals surface area contributed by atoms with Crippen molar-refractivity contribution in [1.29, 1.82) is 5.26 Å². The van der Waals surface area contributed by atoms with Gasteiger partial charge in [0.25, 0.3) is 0 Å². The molecule has 0 radical (unpaired) electrons. The second kappa shape index (κ2) is 3.01. The third-order valence-corrected chi connectivity index (χ3v) is 1.34. The van der Waals surface area contributed by atoms with E-state index in [4.69, 9.17) is 5.26 Å². The van der Waals surface area contributed by atoms with Crippen molar-refractivity contribution in [3.05, 3.63) is 6.33 Å². The zero-order valence-electron chi connectivity index (χ0n) is 6.52. The Balaban J connectivity index is 2.77. The molecule has 0 atom stereocenters. The average molecular weight is 151 g/mol. The SMILES string of the molecule is CN(CC#N)c1nncn1C. The molecule has 1 aromatic heterocycles. The lowest BCUT2D eigenvalue weighted by atomic mass is 10.6. The van der Waals surface area contributed by atoms with Crippen molar-refractivity contribution in [1.82, 2.24) is 14.8 Å². The van der Waals surface area contributed by atoms with Crippen molar-refractivity contribution in [2.24, 2.45) is 7.05 Å². The third kappa shape index (κ3) is 1.46. The van der Waals surface area contributed by atoms with E-state index in [1.165, 1.54) is 0 Å². The summed E-state index contributed by atoms with van der Waals surface area (Å²) in [5, 5.41) is 15.9. The molecular formula is C6H9N5. The first-order valence-corrected chi connectivity index (χ1v) is 3.18. The Hall–Kier alpha value is -1.57. The molecule has 0 aliphatic heterocycles. The van der Waals surface area contributed by atoms with E-state index in [1.54, 1.807) is 22.8 Å². The first-order valence-electron chi connectivity index (χ1n) is 3.18. The van der Waals surface area contributed by atoms with Crippen molar-refractivity contribution in [3.8, 4) is 6.07 Å². The van der Waals surface area contributed by atoms with Crippen LogP contribution in [0.5, 0.6) is 0 Å². The highest BCUT2D eigenvalue weighted by atomic mass is 15.4. The summed E-state index contributed by atoms with van der Waals surface area (Å²) in [4.78, 5) is 1.73. The third-order valence-electron chi connectivity index (χ3n) is 1.34. The molecule has 0 saturated heterocycles. The minimum absolute atomic E-state index is 0.326. The van der Waals surface area contributed by atoms with Gasteiger partial charge < -0.3 is 9.47 Å². The number of aromatic nitrogens is 3. The maximum absolute atomic E-state index is 8.38. The van der Waals surface area contributed by atoms with Crippen LogP contribution in [0.3, 0.4) is 0 Å². The van der Waals surface area contributed by atoms with Crippen molar-refractivity contribution in [2.45, 2.75) is 0 Å². The second-order valence-electron chi connectivity index (χ2n) is 2.26. The summed E-state index contributed by atoms with van der Waals surface area (Å²) in [6, 6.07) is 2.03. The molecule has 0 saturated carbocycles. The quantitative estimate of drug-likeness (QED) is 0.548. The second-order valence-corrected chi connectivity index (χ2v) is 2.26. The van der Waals surface area contributed by atoms with Gasteiger partial charge in [0.05, 0.1) is 6.07 Å². The summed E-state index contributed by atoms with van der Waals surface area (Å²) >= 11 is 0. The molecule has 5 nitrogen and oxygen atoms in total. The predicted octanol–water partition coefficient (Wildman–Crippen LogP) is -0.225. The molecule has 1 rings (SSSR count). The zero-order chi connectivity index (χ0) is 8.27. The van der Waals surface area contributed by atoms with Crippen LogP contribution in [0.1, 0.15) is 0 Å². The highest BCUT2D eigenvalue weighted by Gasteiger charge is 2.04. The minimum atomic E-state index is 0.326. The number of anilines is 1. The van der Waals surface area contributed by atoms with Gasteiger partial charge in [-0.05, 0) is 0 Å². The molecule has 0 aromatic carbocycles. The van der Waals surface area contributed by atoms with Crippen molar-refractivity contribution >= 4 is 5.95 Å². The highest BCUT2D eigenvalue weighted by molar-refractivity contribution is 5.28. The van der Waals surface area contributed by atoms with Gasteiger partial charge in [-0.15, -0.1) is 10.2 Å². The molecular weight excluding hydrogens is 142 g/mol. The predicted molar refractivity (Wildman–Crippen MR) is 39.9 cm³/mol. The highest BCUT2D eigenvalue weighted by Crippen LogP contribution is 2.03. The largest absolute Gasteiger partial charge is 0.331 e. The lowest BCUT2D eigenvalue weighted by molar-refractivity contribution is 0.846.